The van der Waals surface area contributed by atoms with Gasteiger partial charge in [0, 0.05) is 25.0 Å². The largest absolute Gasteiger partial charge is 0.303 e. The lowest BCUT2D eigenvalue weighted by Gasteiger charge is -2.19. The summed E-state index contributed by atoms with van der Waals surface area (Å²) < 4.78 is 1.87. The van der Waals surface area contributed by atoms with Gasteiger partial charge in [-0.15, -0.1) is 0 Å². The summed E-state index contributed by atoms with van der Waals surface area (Å²) in [6.07, 6.45) is 5.44. The Morgan fingerprint density at radius 2 is 2.00 bits per heavy atom. The van der Waals surface area contributed by atoms with Gasteiger partial charge >= 0.3 is 0 Å². The van der Waals surface area contributed by atoms with E-state index >= 15 is 0 Å². The second-order valence-electron chi connectivity index (χ2n) is 5.91. The van der Waals surface area contributed by atoms with E-state index in [-0.39, 0.29) is 12.5 Å². The van der Waals surface area contributed by atoms with Gasteiger partial charge in [0.05, 0.1) is 6.54 Å². The Labute approximate surface area is 177 Å². The Kier molecular flexibility index (Phi) is 7.22. The SMILES string of the molecule is CN(CC(=O)N(C)c1sc(-c2cccnc2)nc1Cl)S/C=C/c1ccccc1. The molecule has 0 spiro atoms. The Morgan fingerprint density at radius 3 is 2.71 bits per heavy atom. The van der Waals surface area contributed by atoms with Gasteiger partial charge in [-0.2, -0.15) is 0 Å². The highest BCUT2D eigenvalue weighted by molar-refractivity contribution is 8.00. The molecular formula is C20H19ClN4OS2. The van der Waals surface area contributed by atoms with Gasteiger partial charge in [-0.05, 0) is 36.2 Å². The third-order valence-electron chi connectivity index (χ3n) is 3.82. The van der Waals surface area contributed by atoms with Gasteiger partial charge in [0.1, 0.15) is 10.0 Å². The maximum Gasteiger partial charge on any atom is 0.242 e. The third kappa shape index (κ3) is 5.42. The Balaban J connectivity index is 1.60. The normalized spacial score (nSPS) is 11.3. The molecular weight excluding hydrogens is 412 g/mol. The topological polar surface area (TPSA) is 49.3 Å². The maximum atomic E-state index is 12.6. The lowest BCUT2D eigenvalue weighted by atomic mass is 10.2. The van der Waals surface area contributed by atoms with E-state index in [2.05, 4.69) is 9.97 Å². The van der Waals surface area contributed by atoms with Gasteiger partial charge in [-0.25, -0.2) is 9.29 Å². The molecule has 2 aromatic heterocycles. The minimum atomic E-state index is -0.0635. The van der Waals surface area contributed by atoms with Crippen molar-refractivity contribution in [2.45, 2.75) is 0 Å². The standard InChI is InChI=1S/C20H19ClN4OS2/c1-24(27-12-10-15-7-4-3-5-8-15)14-17(26)25(2)20-18(21)23-19(28-20)16-9-6-11-22-13-16/h3-13H,14H2,1-2H3/b12-10+. The van der Waals surface area contributed by atoms with Crippen LogP contribution in [0.3, 0.4) is 0 Å². The molecule has 8 heteroatoms. The van der Waals surface area contributed by atoms with Gasteiger partial charge in [0.15, 0.2) is 5.15 Å². The first-order valence-electron chi connectivity index (χ1n) is 8.47. The van der Waals surface area contributed by atoms with Crippen LogP contribution in [0.25, 0.3) is 16.6 Å². The van der Waals surface area contributed by atoms with Crippen molar-refractivity contribution >= 4 is 51.9 Å². The Morgan fingerprint density at radius 1 is 1.21 bits per heavy atom. The van der Waals surface area contributed by atoms with Gasteiger partial charge in [-0.1, -0.05) is 65.2 Å². The Hall–Kier alpha value is -2.19. The molecule has 2 heterocycles. The van der Waals surface area contributed by atoms with E-state index in [1.54, 1.807) is 24.3 Å². The average molecular weight is 431 g/mol. The van der Waals surface area contributed by atoms with Crippen LogP contribution in [0.2, 0.25) is 5.15 Å². The first-order valence-corrected chi connectivity index (χ1v) is 10.5. The number of hydrogen-bond donors (Lipinski definition) is 0. The molecule has 0 bridgehead atoms. The van der Waals surface area contributed by atoms with Gasteiger partial charge < -0.3 is 4.90 Å². The molecule has 3 rings (SSSR count). The van der Waals surface area contributed by atoms with Gasteiger partial charge in [-0.3, -0.25) is 9.78 Å². The van der Waals surface area contributed by atoms with Crippen molar-refractivity contribution < 1.29 is 4.79 Å². The van der Waals surface area contributed by atoms with E-state index in [1.807, 2.05) is 65.3 Å². The number of anilines is 1. The van der Waals surface area contributed by atoms with Crippen LogP contribution in [0, 0.1) is 0 Å². The summed E-state index contributed by atoms with van der Waals surface area (Å²) in [5.41, 5.74) is 1.99. The number of hydrogen-bond acceptors (Lipinski definition) is 6. The molecule has 0 N–H and O–H groups in total. The third-order valence-corrected chi connectivity index (χ3v) is 6.12. The molecule has 0 saturated carbocycles. The highest BCUT2D eigenvalue weighted by atomic mass is 35.5. The second kappa shape index (κ2) is 9.84. The fraction of sp³-hybridized carbons (Fsp3) is 0.150. The summed E-state index contributed by atoms with van der Waals surface area (Å²) >= 11 is 9.12. The zero-order valence-corrected chi connectivity index (χ0v) is 17.8. The Bertz CT molecular complexity index is 947. The zero-order valence-electron chi connectivity index (χ0n) is 15.4. The van der Waals surface area contributed by atoms with Crippen molar-refractivity contribution in [1.29, 1.82) is 0 Å². The van der Waals surface area contributed by atoms with Crippen LogP contribution in [0.5, 0.6) is 0 Å². The molecule has 0 unspecified atom stereocenters. The van der Waals surface area contributed by atoms with Crippen molar-refractivity contribution in [1.82, 2.24) is 14.3 Å². The van der Waals surface area contributed by atoms with Crippen LogP contribution in [0.1, 0.15) is 5.56 Å². The van der Waals surface area contributed by atoms with Crippen molar-refractivity contribution in [3.05, 3.63) is 71.0 Å². The van der Waals surface area contributed by atoms with E-state index < -0.39 is 0 Å². The molecule has 1 aromatic carbocycles. The molecule has 0 aliphatic heterocycles. The lowest BCUT2D eigenvalue weighted by Crippen LogP contribution is -2.33. The predicted molar refractivity (Wildman–Crippen MR) is 119 cm³/mol. The van der Waals surface area contributed by atoms with E-state index in [4.69, 9.17) is 11.6 Å². The molecule has 0 aliphatic carbocycles. The number of thiazole rings is 1. The first-order chi connectivity index (χ1) is 13.5. The summed E-state index contributed by atoms with van der Waals surface area (Å²) in [5.74, 6) is -0.0635. The maximum absolute atomic E-state index is 12.6. The summed E-state index contributed by atoms with van der Waals surface area (Å²) in [4.78, 5) is 22.7. The number of amides is 1. The average Bonchev–Trinajstić information content (AvgIpc) is 3.10. The minimum absolute atomic E-state index is 0.0635. The zero-order chi connectivity index (χ0) is 19.9. The van der Waals surface area contributed by atoms with Crippen LogP contribution in [-0.4, -0.2) is 40.8 Å². The number of benzene rings is 1. The van der Waals surface area contributed by atoms with Crippen molar-refractivity contribution in [2.75, 3.05) is 25.5 Å². The number of halogens is 1. The predicted octanol–water partition coefficient (Wildman–Crippen LogP) is 5.07. The molecule has 3 aromatic rings. The minimum Gasteiger partial charge on any atom is -0.303 e. The van der Waals surface area contributed by atoms with E-state index in [0.717, 1.165) is 16.1 Å². The van der Waals surface area contributed by atoms with Crippen molar-refractivity contribution in [3.63, 3.8) is 0 Å². The molecule has 0 fully saturated rings. The fourth-order valence-electron chi connectivity index (χ4n) is 2.34. The molecule has 144 valence electrons. The first kappa shape index (κ1) is 20.5. The number of pyridine rings is 1. The van der Waals surface area contributed by atoms with Crippen LogP contribution >= 0.6 is 34.9 Å². The lowest BCUT2D eigenvalue weighted by molar-refractivity contribution is -0.118. The molecule has 0 aliphatic rings. The van der Waals surface area contributed by atoms with Gasteiger partial charge in [0.25, 0.3) is 0 Å². The van der Waals surface area contributed by atoms with Gasteiger partial charge in [0.2, 0.25) is 5.91 Å². The van der Waals surface area contributed by atoms with E-state index in [0.29, 0.717) is 10.2 Å². The number of nitrogens with zero attached hydrogens (tertiary/aromatic N) is 4. The smallest absolute Gasteiger partial charge is 0.242 e. The highest BCUT2D eigenvalue weighted by Crippen LogP contribution is 2.37. The van der Waals surface area contributed by atoms with Crippen LogP contribution < -0.4 is 4.90 Å². The fourth-order valence-corrected chi connectivity index (χ4v) is 4.25. The summed E-state index contributed by atoms with van der Waals surface area (Å²) in [7, 11) is 3.59. The molecule has 28 heavy (non-hydrogen) atoms. The number of likely N-dealkylation sites (N-methyl/N-ethyl adjacent to an activating group) is 2. The summed E-state index contributed by atoms with van der Waals surface area (Å²) in [6.45, 7) is 0.247. The number of aromatic nitrogens is 2. The summed E-state index contributed by atoms with van der Waals surface area (Å²) in [5, 5.41) is 3.65. The van der Waals surface area contributed by atoms with E-state index in [9.17, 15) is 4.79 Å². The van der Waals surface area contributed by atoms with Crippen molar-refractivity contribution in [3.8, 4) is 10.6 Å². The molecule has 5 nitrogen and oxygen atoms in total. The second-order valence-corrected chi connectivity index (χ2v) is 8.36. The molecule has 0 atom stereocenters. The molecule has 1 amide bonds. The van der Waals surface area contributed by atoms with Crippen LogP contribution in [-0.2, 0) is 4.79 Å². The number of carbonyl (C=O) groups is 1. The van der Waals surface area contributed by atoms with E-state index in [1.165, 1.54) is 23.3 Å². The molecule has 0 radical (unpaired) electrons. The highest BCUT2D eigenvalue weighted by Gasteiger charge is 2.20. The van der Waals surface area contributed by atoms with Crippen LogP contribution in [0.15, 0.2) is 60.3 Å². The summed E-state index contributed by atoms with van der Waals surface area (Å²) in [6, 6.07) is 13.8. The number of rotatable bonds is 7. The quantitative estimate of drug-likeness (QED) is 0.489. The number of carbonyl (C=O) groups excluding carboxylic acids is 1. The molecule has 0 saturated heterocycles. The van der Waals surface area contributed by atoms with Crippen LogP contribution in [0.4, 0.5) is 5.00 Å². The van der Waals surface area contributed by atoms with Crippen molar-refractivity contribution in [2.24, 2.45) is 0 Å². The monoisotopic (exact) mass is 430 g/mol.